The van der Waals surface area contributed by atoms with Gasteiger partial charge in [-0.1, -0.05) is 91.0 Å². The largest absolute Gasteiger partial charge is 0.356 e. The van der Waals surface area contributed by atoms with E-state index in [4.69, 9.17) is 0 Å². The molecule has 0 atom stereocenters. The van der Waals surface area contributed by atoms with E-state index in [9.17, 15) is 0 Å². The Kier molecular flexibility index (Phi) is 4.82. The van der Waals surface area contributed by atoms with Gasteiger partial charge in [-0.2, -0.15) is 0 Å². The van der Waals surface area contributed by atoms with Gasteiger partial charge in [0.15, 0.2) is 0 Å². The highest BCUT2D eigenvalue weighted by atomic mass is 15.0. The fourth-order valence-electron chi connectivity index (χ4n) is 5.18. The Hall–Kier alpha value is -4.82. The van der Waals surface area contributed by atoms with Crippen molar-refractivity contribution in [3.63, 3.8) is 0 Å². The van der Waals surface area contributed by atoms with Gasteiger partial charge in [0.1, 0.15) is 0 Å². The summed E-state index contributed by atoms with van der Waals surface area (Å²) >= 11 is 0. The predicted octanol–water partition coefficient (Wildman–Crippen LogP) is 9.35. The van der Waals surface area contributed by atoms with Crippen LogP contribution in [0.1, 0.15) is 0 Å². The normalized spacial score (nSPS) is 11.3. The van der Waals surface area contributed by atoms with Crippen LogP contribution >= 0.6 is 0 Å². The third-order valence-corrected chi connectivity index (χ3v) is 6.96. The van der Waals surface area contributed by atoms with Gasteiger partial charge in [0, 0.05) is 27.8 Å². The Labute approximate surface area is 210 Å². The summed E-state index contributed by atoms with van der Waals surface area (Å²) < 4.78 is 2.35. The number of nitrogens with one attached hydrogen (secondary N) is 1. The highest BCUT2D eigenvalue weighted by molar-refractivity contribution is 6.09. The molecule has 0 fully saturated rings. The number of fused-ring (bicyclic) bond motifs is 4. The van der Waals surface area contributed by atoms with Gasteiger partial charge < -0.3 is 9.88 Å². The van der Waals surface area contributed by atoms with Gasteiger partial charge in [-0.25, -0.2) is 0 Å². The number of benzene rings is 6. The van der Waals surface area contributed by atoms with Crippen LogP contribution in [0.5, 0.6) is 0 Å². The molecule has 0 saturated heterocycles. The van der Waals surface area contributed by atoms with E-state index in [1.165, 1.54) is 49.4 Å². The van der Waals surface area contributed by atoms with Crippen LogP contribution in [0.15, 0.2) is 140 Å². The first-order chi connectivity index (χ1) is 17.8. The van der Waals surface area contributed by atoms with E-state index >= 15 is 0 Å². The summed E-state index contributed by atoms with van der Waals surface area (Å²) in [5.41, 5.74) is 8.22. The van der Waals surface area contributed by atoms with Crippen LogP contribution in [0.2, 0.25) is 0 Å². The standard InChI is InChI=1S/C34H24N2/c1-2-8-27-23-29(20-15-24(27)7-1)35-28-18-13-25(14-19-28)26-16-21-30(22-17-26)36-33-11-5-3-9-31(33)32-10-4-6-12-34(32)36/h1-23,35H. The van der Waals surface area contributed by atoms with Crippen molar-refractivity contribution in [3.05, 3.63) is 140 Å². The molecule has 36 heavy (non-hydrogen) atoms. The first kappa shape index (κ1) is 20.5. The number of aromatic nitrogens is 1. The summed E-state index contributed by atoms with van der Waals surface area (Å²) in [7, 11) is 0. The first-order valence-electron chi connectivity index (χ1n) is 12.3. The number of hydrogen-bond acceptors (Lipinski definition) is 1. The fourth-order valence-corrected chi connectivity index (χ4v) is 5.18. The Morgan fingerprint density at radius 1 is 0.417 bits per heavy atom. The molecule has 0 radical (unpaired) electrons. The van der Waals surface area contributed by atoms with Crippen LogP contribution in [0.25, 0.3) is 49.4 Å². The van der Waals surface area contributed by atoms with Crippen molar-refractivity contribution < 1.29 is 0 Å². The lowest BCUT2D eigenvalue weighted by atomic mass is 10.0. The van der Waals surface area contributed by atoms with Crippen LogP contribution in [-0.2, 0) is 0 Å². The Morgan fingerprint density at radius 2 is 0.944 bits per heavy atom. The molecule has 0 unspecified atom stereocenters. The molecule has 170 valence electrons. The first-order valence-corrected chi connectivity index (χ1v) is 12.3. The van der Waals surface area contributed by atoms with Crippen LogP contribution in [0.3, 0.4) is 0 Å². The molecule has 0 aliphatic rings. The molecule has 6 aromatic carbocycles. The molecule has 1 N–H and O–H groups in total. The predicted molar refractivity (Wildman–Crippen MR) is 153 cm³/mol. The summed E-state index contributed by atoms with van der Waals surface area (Å²) in [6.07, 6.45) is 0. The van der Waals surface area contributed by atoms with Crippen molar-refractivity contribution >= 4 is 44.0 Å². The maximum Gasteiger partial charge on any atom is 0.0541 e. The van der Waals surface area contributed by atoms with E-state index in [0.717, 1.165) is 11.4 Å². The molecule has 0 spiro atoms. The quantitative estimate of drug-likeness (QED) is 0.277. The topological polar surface area (TPSA) is 17.0 Å². The smallest absolute Gasteiger partial charge is 0.0541 e. The molecule has 7 aromatic rings. The number of anilines is 2. The molecule has 0 saturated carbocycles. The molecule has 2 heteroatoms. The van der Waals surface area contributed by atoms with Gasteiger partial charge in [0.05, 0.1) is 11.0 Å². The molecule has 0 amide bonds. The average molecular weight is 461 g/mol. The van der Waals surface area contributed by atoms with Crippen LogP contribution in [-0.4, -0.2) is 4.57 Å². The minimum Gasteiger partial charge on any atom is -0.356 e. The van der Waals surface area contributed by atoms with Gasteiger partial charge in [-0.3, -0.25) is 0 Å². The van der Waals surface area contributed by atoms with Crippen LogP contribution in [0, 0.1) is 0 Å². The van der Waals surface area contributed by atoms with Crippen LogP contribution < -0.4 is 5.32 Å². The van der Waals surface area contributed by atoms with E-state index in [-0.39, 0.29) is 0 Å². The number of para-hydroxylation sites is 2. The molecular weight excluding hydrogens is 436 g/mol. The Balaban J connectivity index is 1.18. The van der Waals surface area contributed by atoms with E-state index in [1.54, 1.807) is 0 Å². The zero-order valence-corrected chi connectivity index (χ0v) is 19.7. The van der Waals surface area contributed by atoms with Gasteiger partial charge in [-0.05, 0) is 70.4 Å². The highest BCUT2D eigenvalue weighted by Crippen LogP contribution is 2.33. The number of rotatable bonds is 4. The van der Waals surface area contributed by atoms with Crippen molar-refractivity contribution in [1.82, 2.24) is 4.57 Å². The van der Waals surface area contributed by atoms with Crippen molar-refractivity contribution in [2.75, 3.05) is 5.32 Å². The zero-order chi connectivity index (χ0) is 23.9. The lowest BCUT2D eigenvalue weighted by Crippen LogP contribution is -1.93. The SMILES string of the molecule is c1ccc2cc(Nc3ccc(-c4ccc(-n5c6ccccc6c6ccccc65)cc4)cc3)ccc2c1. The number of hydrogen-bond donors (Lipinski definition) is 1. The summed E-state index contributed by atoms with van der Waals surface area (Å²) in [6, 6.07) is 49.7. The van der Waals surface area contributed by atoms with Crippen molar-refractivity contribution in [2.45, 2.75) is 0 Å². The minimum absolute atomic E-state index is 1.08. The zero-order valence-electron chi connectivity index (χ0n) is 19.7. The van der Waals surface area contributed by atoms with E-state index < -0.39 is 0 Å². The second-order valence-corrected chi connectivity index (χ2v) is 9.18. The molecule has 0 bridgehead atoms. The molecule has 1 aromatic heterocycles. The van der Waals surface area contributed by atoms with Crippen molar-refractivity contribution in [3.8, 4) is 16.8 Å². The van der Waals surface area contributed by atoms with E-state index in [2.05, 4.69) is 149 Å². The minimum atomic E-state index is 1.08. The summed E-state index contributed by atoms with van der Waals surface area (Å²) in [5, 5.41) is 8.59. The molecular formula is C34H24N2. The second-order valence-electron chi connectivity index (χ2n) is 9.18. The van der Waals surface area contributed by atoms with E-state index in [0.29, 0.717) is 0 Å². The summed E-state index contributed by atoms with van der Waals surface area (Å²) in [6.45, 7) is 0. The number of nitrogens with zero attached hydrogens (tertiary/aromatic N) is 1. The second kappa shape index (κ2) is 8.44. The maximum atomic E-state index is 3.53. The van der Waals surface area contributed by atoms with Gasteiger partial charge >= 0.3 is 0 Å². The fraction of sp³-hybridized carbons (Fsp3) is 0. The molecule has 2 nitrogen and oxygen atoms in total. The lowest BCUT2D eigenvalue weighted by molar-refractivity contribution is 1.18. The highest BCUT2D eigenvalue weighted by Gasteiger charge is 2.11. The monoisotopic (exact) mass is 460 g/mol. The van der Waals surface area contributed by atoms with Crippen LogP contribution in [0.4, 0.5) is 11.4 Å². The Morgan fingerprint density at radius 3 is 1.61 bits per heavy atom. The summed E-state index contributed by atoms with van der Waals surface area (Å²) in [4.78, 5) is 0. The molecule has 1 heterocycles. The summed E-state index contributed by atoms with van der Waals surface area (Å²) in [5.74, 6) is 0. The van der Waals surface area contributed by atoms with E-state index in [1.807, 2.05) is 0 Å². The van der Waals surface area contributed by atoms with Crippen molar-refractivity contribution in [2.24, 2.45) is 0 Å². The molecule has 0 aliphatic heterocycles. The maximum absolute atomic E-state index is 3.53. The van der Waals surface area contributed by atoms with Gasteiger partial charge in [0.2, 0.25) is 0 Å². The third-order valence-electron chi connectivity index (χ3n) is 6.96. The average Bonchev–Trinajstić information content (AvgIpc) is 3.28. The third kappa shape index (κ3) is 3.52. The Bertz CT molecular complexity index is 1790. The van der Waals surface area contributed by atoms with Gasteiger partial charge in [-0.15, -0.1) is 0 Å². The van der Waals surface area contributed by atoms with Gasteiger partial charge in [0.25, 0.3) is 0 Å². The lowest BCUT2D eigenvalue weighted by Gasteiger charge is -2.11. The molecule has 0 aliphatic carbocycles. The molecule has 7 rings (SSSR count). The van der Waals surface area contributed by atoms with Crippen molar-refractivity contribution in [1.29, 1.82) is 0 Å².